The summed E-state index contributed by atoms with van der Waals surface area (Å²) >= 11 is 0. The standard InChI is InChI=1S/C13H21N/c1-4-12(13(5-2)14-3)11-9-7-6-8-10-11/h6-10,12-14H,4-5H2,1-3H3. The van der Waals surface area contributed by atoms with Crippen molar-refractivity contribution in [3.8, 4) is 0 Å². The highest BCUT2D eigenvalue weighted by molar-refractivity contribution is 5.21. The molecule has 1 heteroatoms. The average Bonchev–Trinajstić information content (AvgIpc) is 2.27. The molecule has 0 aliphatic rings. The number of hydrogen-bond acceptors (Lipinski definition) is 1. The monoisotopic (exact) mass is 191 g/mol. The lowest BCUT2D eigenvalue weighted by molar-refractivity contribution is 0.440. The Kier molecular flexibility index (Phi) is 4.68. The van der Waals surface area contributed by atoms with Crippen LogP contribution < -0.4 is 5.32 Å². The van der Waals surface area contributed by atoms with E-state index in [1.165, 1.54) is 18.4 Å². The maximum Gasteiger partial charge on any atom is 0.0130 e. The molecule has 0 heterocycles. The van der Waals surface area contributed by atoms with Gasteiger partial charge in [0.1, 0.15) is 0 Å². The summed E-state index contributed by atoms with van der Waals surface area (Å²) in [6.45, 7) is 4.50. The molecular formula is C13H21N. The summed E-state index contributed by atoms with van der Waals surface area (Å²) in [6.07, 6.45) is 2.38. The maximum atomic E-state index is 3.40. The van der Waals surface area contributed by atoms with E-state index in [0.717, 1.165) is 0 Å². The van der Waals surface area contributed by atoms with Crippen molar-refractivity contribution >= 4 is 0 Å². The van der Waals surface area contributed by atoms with E-state index in [-0.39, 0.29) is 0 Å². The summed E-state index contributed by atoms with van der Waals surface area (Å²) in [4.78, 5) is 0. The van der Waals surface area contributed by atoms with Gasteiger partial charge in [0.15, 0.2) is 0 Å². The van der Waals surface area contributed by atoms with Crippen LogP contribution in [0.3, 0.4) is 0 Å². The van der Waals surface area contributed by atoms with E-state index in [9.17, 15) is 0 Å². The van der Waals surface area contributed by atoms with Gasteiger partial charge in [-0.1, -0.05) is 44.2 Å². The van der Waals surface area contributed by atoms with E-state index >= 15 is 0 Å². The van der Waals surface area contributed by atoms with Crippen LogP contribution in [0.2, 0.25) is 0 Å². The van der Waals surface area contributed by atoms with Gasteiger partial charge in [0.05, 0.1) is 0 Å². The lowest BCUT2D eigenvalue weighted by Gasteiger charge is -2.25. The molecule has 0 spiro atoms. The first-order valence-electron chi connectivity index (χ1n) is 5.55. The zero-order chi connectivity index (χ0) is 10.4. The molecule has 0 bridgehead atoms. The fraction of sp³-hybridized carbons (Fsp3) is 0.538. The molecule has 1 N–H and O–H groups in total. The summed E-state index contributed by atoms with van der Waals surface area (Å²) in [6, 6.07) is 11.4. The van der Waals surface area contributed by atoms with Crippen molar-refractivity contribution in [2.45, 2.75) is 38.6 Å². The minimum atomic E-state index is 0.599. The Bertz CT molecular complexity index is 239. The molecule has 2 unspecified atom stereocenters. The Balaban J connectivity index is 2.81. The van der Waals surface area contributed by atoms with E-state index in [4.69, 9.17) is 0 Å². The van der Waals surface area contributed by atoms with Crippen molar-refractivity contribution in [3.63, 3.8) is 0 Å². The van der Waals surface area contributed by atoms with Crippen LogP contribution in [0.4, 0.5) is 0 Å². The molecule has 0 fully saturated rings. The summed E-state index contributed by atoms with van der Waals surface area (Å²) in [5.74, 6) is 0.645. The summed E-state index contributed by atoms with van der Waals surface area (Å²) in [7, 11) is 2.06. The highest BCUT2D eigenvalue weighted by atomic mass is 14.9. The topological polar surface area (TPSA) is 12.0 Å². The van der Waals surface area contributed by atoms with Gasteiger partial charge in [-0.25, -0.2) is 0 Å². The molecule has 0 aliphatic carbocycles. The Labute approximate surface area is 87.5 Å². The molecule has 2 atom stereocenters. The molecule has 0 saturated heterocycles. The fourth-order valence-corrected chi connectivity index (χ4v) is 2.14. The molecule has 0 aliphatic heterocycles. The molecule has 0 saturated carbocycles. The number of rotatable bonds is 5. The quantitative estimate of drug-likeness (QED) is 0.753. The lowest BCUT2D eigenvalue weighted by Crippen LogP contribution is -2.31. The van der Waals surface area contributed by atoms with E-state index in [2.05, 4.69) is 56.5 Å². The SMILES string of the molecule is CCC(NC)C(CC)c1ccccc1. The van der Waals surface area contributed by atoms with Gasteiger partial charge in [-0.3, -0.25) is 0 Å². The van der Waals surface area contributed by atoms with Crippen molar-refractivity contribution < 1.29 is 0 Å². The van der Waals surface area contributed by atoms with E-state index < -0.39 is 0 Å². The predicted molar refractivity (Wildman–Crippen MR) is 62.6 cm³/mol. The zero-order valence-electron chi connectivity index (χ0n) is 9.46. The Morgan fingerprint density at radius 3 is 2.14 bits per heavy atom. The van der Waals surface area contributed by atoms with Crippen molar-refractivity contribution in [1.82, 2.24) is 5.32 Å². The highest BCUT2D eigenvalue weighted by Crippen LogP contribution is 2.24. The van der Waals surface area contributed by atoms with Gasteiger partial charge in [0, 0.05) is 6.04 Å². The van der Waals surface area contributed by atoms with Crippen LogP contribution in [0.25, 0.3) is 0 Å². The molecule has 14 heavy (non-hydrogen) atoms. The van der Waals surface area contributed by atoms with Crippen molar-refractivity contribution in [1.29, 1.82) is 0 Å². The third-order valence-electron chi connectivity index (χ3n) is 2.96. The van der Waals surface area contributed by atoms with Gasteiger partial charge in [-0.15, -0.1) is 0 Å². The Morgan fingerprint density at radius 2 is 1.71 bits per heavy atom. The van der Waals surface area contributed by atoms with Crippen LogP contribution in [0.1, 0.15) is 38.2 Å². The van der Waals surface area contributed by atoms with Gasteiger partial charge in [-0.05, 0) is 31.4 Å². The third kappa shape index (κ3) is 2.58. The largest absolute Gasteiger partial charge is 0.316 e. The van der Waals surface area contributed by atoms with Crippen LogP contribution in [0.5, 0.6) is 0 Å². The van der Waals surface area contributed by atoms with Gasteiger partial charge in [0.2, 0.25) is 0 Å². The van der Waals surface area contributed by atoms with Gasteiger partial charge in [0.25, 0.3) is 0 Å². The Hall–Kier alpha value is -0.820. The number of nitrogens with one attached hydrogen (secondary N) is 1. The smallest absolute Gasteiger partial charge is 0.0130 e. The normalized spacial score (nSPS) is 15.1. The summed E-state index contributed by atoms with van der Waals surface area (Å²) in [5, 5.41) is 3.40. The molecule has 78 valence electrons. The van der Waals surface area contributed by atoms with Crippen LogP contribution in [-0.2, 0) is 0 Å². The molecule has 1 nitrogen and oxygen atoms in total. The van der Waals surface area contributed by atoms with E-state index in [1.54, 1.807) is 0 Å². The van der Waals surface area contributed by atoms with Gasteiger partial charge >= 0.3 is 0 Å². The molecular weight excluding hydrogens is 170 g/mol. The van der Waals surface area contributed by atoms with Gasteiger partial charge < -0.3 is 5.32 Å². The second kappa shape index (κ2) is 5.82. The first-order valence-corrected chi connectivity index (χ1v) is 5.55. The van der Waals surface area contributed by atoms with Crippen LogP contribution >= 0.6 is 0 Å². The number of hydrogen-bond donors (Lipinski definition) is 1. The molecule has 0 aromatic heterocycles. The molecule has 0 amide bonds. The first-order chi connectivity index (χ1) is 6.83. The summed E-state index contributed by atoms with van der Waals surface area (Å²) in [5.41, 5.74) is 1.45. The van der Waals surface area contributed by atoms with Crippen molar-refractivity contribution in [3.05, 3.63) is 35.9 Å². The Morgan fingerprint density at radius 1 is 1.07 bits per heavy atom. The lowest BCUT2D eigenvalue weighted by atomic mass is 9.88. The minimum Gasteiger partial charge on any atom is -0.316 e. The summed E-state index contributed by atoms with van der Waals surface area (Å²) < 4.78 is 0. The van der Waals surface area contributed by atoms with E-state index in [0.29, 0.717) is 12.0 Å². The second-order valence-corrected chi connectivity index (χ2v) is 3.73. The number of likely N-dealkylation sites (N-methyl/N-ethyl adjacent to an activating group) is 1. The molecule has 0 radical (unpaired) electrons. The number of benzene rings is 1. The van der Waals surface area contributed by atoms with Crippen LogP contribution in [0, 0.1) is 0 Å². The maximum absolute atomic E-state index is 3.40. The predicted octanol–water partition coefficient (Wildman–Crippen LogP) is 3.18. The molecule has 1 rings (SSSR count). The molecule has 1 aromatic carbocycles. The van der Waals surface area contributed by atoms with Crippen LogP contribution in [-0.4, -0.2) is 13.1 Å². The fourth-order valence-electron chi connectivity index (χ4n) is 2.14. The van der Waals surface area contributed by atoms with E-state index in [1.807, 2.05) is 0 Å². The first kappa shape index (κ1) is 11.3. The zero-order valence-corrected chi connectivity index (χ0v) is 9.46. The minimum absolute atomic E-state index is 0.599. The van der Waals surface area contributed by atoms with Gasteiger partial charge in [-0.2, -0.15) is 0 Å². The highest BCUT2D eigenvalue weighted by Gasteiger charge is 2.17. The van der Waals surface area contributed by atoms with Crippen molar-refractivity contribution in [2.75, 3.05) is 7.05 Å². The average molecular weight is 191 g/mol. The third-order valence-corrected chi connectivity index (χ3v) is 2.96. The van der Waals surface area contributed by atoms with Crippen molar-refractivity contribution in [2.24, 2.45) is 0 Å². The van der Waals surface area contributed by atoms with Crippen LogP contribution in [0.15, 0.2) is 30.3 Å². The molecule has 1 aromatic rings. The second-order valence-electron chi connectivity index (χ2n) is 3.73.